The fourth-order valence-electron chi connectivity index (χ4n) is 1.95. The summed E-state index contributed by atoms with van der Waals surface area (Å²) >= 11 is 0. The number of hydrogen-bond acceptors (Lipinski definition) is 5. The van der Waals surface area contributed by atoms with Crippen LogP contribution in [-0.4, -0.2) is 29.4 Å². The van der Waals surface area contributed by atoms with Gasteiger partial charge in [0.2, 0.25) is 0 Å². The first kappa shape index (κ1) is 16.1. The Kier molecular flexibility index (Phi) is 3.79. The second-order valence-electron chi connectivity index (χ2n) is 4.58. The maximum absolute atomic E-state index is 12.4. The number of benzene rings is 1. The van der Waals surface area contributed by atoms with E-state index in [4.69, 9.17) is 0 Å². The fraction of sp³-hybridized carbons (Fsp3) is 0.0769. The van der Waals surface area contributed by atoms with E-state index in [-0.39, 0.29) is 5.69 Å². The lowest BCUT2D eigenvalue weighted by atomic mass is 10.3. The number of rotatable bonds is 4. The van der Waals surface area contributed by atoms with Gasteiger partial charge >= 0.3 is 6.36 Å². The molecule has 0 atom stereocenters. The van der Waals surface area contributed by atoms with E-state index in [1.165, 1.54) is 35.2 Å². The van der Waals surface area contributed by atoms with E-state index in [1.807, 2.05) is 0 Å². The number of aromatic nitrogens is 3. The molecule has 0 saturated heterocycles. The van der Waals surface area contributed by atoms with E-state index in [9.17, 15) is 21.6 Å². The predicted octanol–water partition coefficient (Wildman–Crippen LogP) is 2.43. The number of nitrogens with one attached hydrogen (secondary N) is 1. The normalized spacial score (nSPS) is 12.3. The molecule has 3 rings (SSSR count). The van der Waals surface area contributed by atoms with Gasteiger partial charge in [-0.3, -0.25) is 4.72 Å². The lowest BCUT2D eigenvalue weighted by Crippen LogP contribution is -2.21. The molecule has 0 aliphatic rings. The van der Waals surface area contributed by atoms with Crippen LogP contribution in [0.2, 0.25) is 0 Å². The number of hydrogen-bond donors (Lipinski definition) is 1. The van der Waals surface area contributed by atoms with Crippen molar-refractivity contribution in [3.63, 3.8) is 0 Å². The Bertz CT molecular complexity index is 985. The summed E-state index contributed by atoms with van der Waals surface area (Å²) in [5, 5.41) is 3.89. The second kappa shape index (κ2) is 5.67. The van der Waals surface area contributed by atoms with Crippen molar-refractivity contribution in [1.29, 1.82) is 0 Å². The summed E-state index contributed by atoms with van der Waals surface area (Å²) in [6.45, 7) is 0. The largest absolute Gasteiger partial charge is 0.573 e. The number of halogens is 3. The van der Waals surface area contributed by atoms with Gasteiger partial charge in [-0.05, 0) is 12.1 Å². The van der Waals surface area contributed by atoms with Gasteiger partial charge in [0.15, 0.2) is 5.65 Å². The Morgan fingerprint density at radius 3 is 2.67 bits per heavy atom. The van der Waals surface area contributed by atoms with E-state index in [2.05, 4.69) is 19.5 Å². The van der Waals surface area contributed by atoms with Gasteiger partial charge in [0, 0.05) is 6.07 Å². The molecule has 0 amide bonds. The highest BCUT2D eigenvalue weighted by molar-refractivity contribution is 7.92. The van der Waals surface area contributed by atoms with Crippen LogP contribution in [0.5, 0.6) is 5.75 Å². The van der Waals surface area contributed by atoms with E-state index in [1.54, 1.807) is 6.07 Å². The molecular formula is C13H9F3N4O3S. The van der Waals surface area contributed by atoms with Crippen LogP contribution in [-0.2, 0) is 10.0 Å². The van der Waals surface area contributed by atoms with E-state index >= 15 is 0 Å². The molecule has 0 aliphatic heterocycles. The van der Waals surface area contributed by atoms with Crippen LogP contribution in [0.15, 0.2) is 53.8 Å². The van der Waals surface area contributed by atoms with Crippen molar-refractivity contribution < 1.29 is 26.3 Å². The number of alkyl halides is 3. The molecule has 0 saturated carbocycles. The zero-order valence-electron chi connectivity index (χ0n) is 11.7. The van der Waals surface area contributed by atoms with Gasteiger partial charge in [-0.2, -0.15) is 5.10 Å². The zero-order chi connectivity index (χ0) is 17.4. The Labute approximate surface area is 133 Å². The molecule has 1 aromatic carbocycles. The van der Waals surface area contributed by atoms with Crippen LogP contribution in [0.4, 0.5) is 18.9 Å². The van der Waals surface area contributed by atoms with E-state index in [0.717, 1.165) is 12.1 Å². The number of nitrogens with zero attached hydrogens (tertiary/aromatic N) is 3. The monoisotopic (exact) mass is 358 g/mol. The van der Waals surface area contributed by atoms with E-state index < -0.39 is 27.0 Å². The topological polar surface area (TPSA) is 85.6 Å². The zero-order valence-corrected chi connectivity index (χ0v) is 12.5. The quantitative estimate of drug-likeness (QED) is 0.774. The van der Waals surface area contributed by atoms with Crippen LogP contribution in [0.3, 0.4) is 0 Å². The van der Waals surface area contributed by atoms with Gasteiger partial charge in [0.25, 0.3) is 10.0 Å². The predicted molar refractivity (Wildman–Crippen MR) is 76.9 cm³/mol. The smallest absolute Gasteiger partial charge is 0.404 e. The fourth-order valence-corrected chi connectivity index (χ4v) is 3.11. The van der Waals surface area contributed by atoms with Crippen LogP contribution < -0.4 is 9.46 Å². The lowest BCUT2D eigenvalue weighted by molar-refractivity contribution is -0.275. The van der Waals surface area contributed by atoms with Gasteiger partial charge in [0.1, 0.15) is 10.6 Å². The average molecular weight is 358 g/mol. The number of fused-ring (bicyclic) bond motifs is 1. The Balaban J connectivity index is 1.95. The number of ether oxygens (including phenoxy) is 1. The molecular weight excluding hydrogens is 349 g/mol. The molecule has 7 nitrogen and oxygen atoms in total. The minimum absolute atomic E-state index is 0.0352. The molecule has 0 bridgehead atoms. The Morgan fingerprint density at radius 2 is 1.92 bits per heavy atom. The highest BCUT2D eigenvalue weighted by Crippen LogP contribution is 2.30. The summed E-state index contributed by atoms with van der Waals surface area (Å²) in [4.78, 5) is 3.31. The van der Waals surface area contributed by atoms with Crippen LogP contribution in [0.25, 0.3) is 5.65 Å². The van der Waals surface area contributed by atoms with Gasteiger partial charge in [0.05, 0.1) is 24.3 Å². The van der Waals surface area contributed by atoms with Crippen molar-refractivity contribution in [3.8, 4) is 5.75 Å². The first-order valence-electron chi connectivity index (χ1n) is 6.42. The molecule has 126 valence electrons. The molecule has 0 fully saturated rings. The maximum atomic E-state index is 12.4. The molecule has 0 spiro atoms. The molecule has 11 heteroatoms. The molecule has 0 unspecified atom stereocenters. The molecule has 0 radical (unpaired) electrons. The maximum Gasteiger partial charge on any atom is 0.573 e. The highest BCUT2D eigenvalue weighted by Gasteiger charge is 2.34. The third kappa shape index (κ3) is 3.40. The summed E-state index contributed by atoms with van der Waals surface area (Å²) in [5.41, 5.74) is 0.520. The van der Waals surface area contributed by atoms with Gasteiger partial charge in [-0.25, -0.2) is 17.9 Å². The Hall–Kier alpha value is -2.82. The molecule has 24 heavy (non-hydrogen) atoms. The van der Waals surface area contributed by atoms with Crippen molar-refractivity contribution in [3.05, 3.63) is 48.9 Å². The number of sulfonamides is 1. The number of para-hydroxylation sites is 1. The third-order valence-electron chi connectivity index (χ3n) is 2.86. The van der Waals surface area contributed by atoms with Crippen LogP contribution >= 0.6 is 0 Å². The van der Waals surface area contributed by atoms with Crippen molar-refractivity contribution in [2.75, 3.05) is 4.72 Å². The minimum atomic E-state index is -5.01. The molecule has 1 N–H and O–H groups in total. The molecule has 3 aromatic rings. The summed E-state index contributed by atoms with van der Waals surface area (Å²) in [7, 11) is -4.32. The molecule has 2 aromatic heterocycles. The molecule has 0 aliphatic carbocycles. The lowest BCUT2D eigenvalue weighted by Gasteiger charge is -2.14. The van der Waals surface area contributed by atoms with Crippen LogP contribution in [0, 0.1) is 0 Å². The third-order valence-corrected chi connectivity index (χ3v) is 4.28. The molecule has 2 heterocycles. The van der Waals surface area contributed by atoms with Gasteiger partial charge < -0.3 is 4.74 Å². The summed E-state index contributed by atoms with van der Waals surface area (Å²) in [6, 6.07) is 6.04. The first-order valence-corrected chi connectivity index (χ1v) is 7.90. The van der Waals surface area contributed by atoms with Crippen molar-refractivity contribution in [1.82, 2.24) is 14.6 Å². The number of anilines is 1. The SMILES string of the molecule is O=S(=O)(Nc1cnc2ccnn2c1)c1ccccc1OC(F)(F)F. The minimum Gasteiger partial charge on any atom is -0.404 e. The Morgan fingerprint density at radius 1 is 1.17 bits per heavy atom. The first-order chi connectivity index (χ1) is 11.2. The summed E-state index contributed by atoms with van der Waals surface area (Å²) in [6.07, 6.45) is -0.983. The summed E-state index contributed by atoms with van der Waals surface area (Å²) in [5.74, 6) is -0.828. The standard InChI is InChI=1S/C13H9F3N4O3S/c14-13(15,16)23-10-3-1-2-4-11(10)24(21,22)19-9-7-17-12-5-6-18-20(12)8-9/h1-8,19H. The van der Waals surface area contributed by atoms with Gasteiger partial charge in [-0.1, -0.05) is 12.1 Å². The van der Waals surface area contributed by atoms with Crippen molar-refractivity contribution in [2.45, 2.75) is 11.3 Å². The van der Waals surface area contributed by atoms with Crippen molar-refractivity contribution in [2.24, 2.45) is 0 Å². The van der Waals surface area contributed by atoms with Crippen molar-refractivity contribution >= 4 is 21.4 Å². The summed E-state index contributed by atoms with van der Waals surface area (Å²) < 4.78 is 69.2. The average Bonchev–Trinajstić information content (AvgIpc) is 2.93. The van der Waals surface area contributed by atoms with Gasteiger partial charge in [-0.15, -0.1) is 13.2 Å². The highest BCUT2D eigenvalue weighted by atomic mass is 32.2. The van der Waals surface area contributed by atoms with E-state index in [0.29, 0.717) is 5.65 Å². The second-order valence-corrected chi connectivity index (χ2v) is 6.23. The van der Waals surface area contributed by atoms with Crippen LogP contribution in [0.1, 0.15) is 0 Å².